The first-order valence-electron chi connectivity index (χ1n) is 16.9. The Labute approximate surface area is 278 Å². The number of carbonyl (C=O) groups is 1. The van der Waals surface area contributed by atoms with Gasteiger partial charge in [0.1, 0.15) is 11.3 Å². The summed E-state index contributed by atoms with van der Waals surface area (Å²) in [6.07, 6.45) is 1.84. The van der Waals surface area contributed by atoms with Crippen LogP contribution < -0.4 is 9.64 Å². The number of rotatable bonds is 8. The van der Waals surface area contributed by atoms with Crippen molar-refractivity contribution in [3.63, 3.8) is 0 Å². The average Bonchev–Trinajstić information content (AvgIpc) is 3.70. The Hall–Kier alpha value is -4.07. The van der Waals surface area contributed by atoms with Crippen LogP contribution in [0, 0.1) is 19.7 Å². The van der Waals surface area contributed by atoms with Gasteiger partial charge in [-0.05, 0) is 76.6 Å². The molecule has 0 amide bonds. The molecule has 3 aromatic heterocycles. The molecule has 7 rings (SSSR count). The zero-order chi connectivity index (χ0) is 33.7. The van der Waals surface area contributed by atoms with E-state index in [2.05, 4.69) is 20.0 Å². The van der Waals surface area contributed by atoms with Gasteiger partial charge in [0.15, 0.2) is 17.7 Å². The van der Waals surface area contributed by atoms with Crippen LogP contribution in [0.1, 0.15) is 61.6 Å². The van der Waals surface area contributed by atoms with Crippen molar-refractivity contribution in [1.82, 2.24) is 24.6 Å². The number of fused-ring (bicyclic) bond motifs is 2. The van der Waals surface area contributed by atoms with E-state index in [4.69, 9.17) is 23.6 Å². The third-order valence-electron chi connectivity index (χ3n) is 9.93. The summed E-state index contributed by atoms with van der Waals surface area (Å²) in [6.45, 7) is 12.8. The summed E-state index contributed by atoms with van der Waals surface area (Å²) in [4.78, 5) is 22.3. The van der Waals surface area contributed by atoms with Gasteiger partial charge in [-0.25, -0.2) is 14.2 Å². The second kappa shape index (κ2) is 13.1. The monoisotopic (exact) mass is 662 g/mol. The first-order chi connectivity index (χ1) is 23.1. The third kappa shape index (κ3) is 5.81. The molecule has 12 nitrogen and oxygen atoms in total. The highest BCUT2D eigenvalue weighted by Gasteiger charge is 2.34. The van der Waals surface area contributed by atoms with Crippen molar-refractivity contribution in [2.45, 2.75) is 71.6 Å². The van der Waals surface area contributed by atoms with E-state index in [0.29, 0.717) is 70.1 Å². The number of aromatic nitrogens is 4. The highest BCUT2D eigenvalue weighted by molar-refractivity contribution is 6.01. The summed E-state index contributed by atoms with van der Waals surface area (Å²) in [5.41, 5.74) is 4.80. The number of anilines is 1. The minimum Gasteiger partial charge on any atom is -0.490 e. The minimum absolute atomic E-state index is 0.264. The topological polar surface area (TPSA) is 128 Å². The van der Waals surface area contributed by atoms with E-state index >= 15 is 4.39 Å². The fraction of sp³-hybridized carbons (Fsp3) is 0.543. The Morgan fingerprint density at radius 2 is 1.83 bits per heavy atom. The van der Waals surface area contributed by atoms with Gasteiger partial charge in [0, 0.05) is 80.3 Å². The van der Waals surface area contributed by atoms with Gasteiger partial charge in [-0.1, -0.05) is 5.10 Å². The largest absolute Gasteiger partial charge is 0.490 e. The molecule has 4 aromatic rings. The lowest BCUT2D eigenvalue weighted by atomic mass is 9.86. The lowest BCUT2D eigenvalue weighted by Crippen LogP contribution is -2.51. The van der Waals surface area contributed by atoms with Gasteiger partial charge in [0.25, 0.3) is 5.89 Å². The highest BCUT2D eigenvalue weighted by Crippen LogP contribution is 2.45. The van der Waals surface area contributed by atoms with Crippen LogP contribution in [0.25, 0.3) is 33.7 Å². The molecule has 0 saturated carbocycles. The molecule has 48 heavy (non-hydrogen) atoms. The SMILES string of the molecule is Cc1nc2c(cc(-c3nnc(N4CCN(C5CCOCC5)CC4)o3)n2C)c(-c2cc(F)c3c(c2C)CCCO3)c1[C@H](OC(C)C)C(=O)O. The number of carboxylic acids is 1. The molecule has 0 radical (unpaired) electrons. The molecule has 2 saturated heterocycles. The Kier molecular flexibility index (Phi) is 8.86. The van der Waals surface area contributed by atoms with Crippen molar-refractivity contribution in [2.75, 3.05) is 50.9 Å². The molecule has 1 aromatic carbocycles. The summed E-state index contributed by atoms with van der Waals surface area (Å²) in [7, 11) is 1.86. The first kappa shape index (κ1) is 32.5. The number of hydrogen-bond donors (Lipinski definition) is 1. The quantitative estimate of drug-likeness (QED) is 0.267. The maximum Gasteiger partial charge on any atom is 0.337 e. The highest BCUT2D eigenvalue weighted by atomic mass is 19.1. The minimum atomic E-state index is -1.33. The Morgan fingerprint density at radius 3 is 2.54 bits per heavy atom. The van der Waals surface area contributed by atoms with Gasteiger partial charge >= 0.3 is 12.0 Å². The third-order valence-corrected chi connectivity index (χ3v) is 9.93. The Balaban J connectivity index is 1.32. The molecule has 13 heteroatoms. The molecular weight excluding hydrogens is 619 g/mol. The molecule has 2 fully saturated rings. The number of piperazine rings is 1. The molecule has 0 bridgehead atoms. The Morgan fingerprint density at radius 1 is 1.08 bits per heavy atom. The number of carboxylic acid groups (broad SMARTS) is 1. The van der Waals surface area contributed by atoms with Crippen LogP contribution in [0.3, 0.4) is 0 Å². The number of halogens is 1. The number of benzene rings is 1. The van der Waals surface area contributed by atoms with Gasteiger partial charge in [0.2, 0.25) is 0 Å². The molecule has 6 heterocycles. The van der Waals surface area contributed by atoms with Gasteiger partial charge < -0.3 is 33.2 Å². The maximum atomic E-state index is 15.7. The number of ether oxygens (including phenoxy) is 3. The van der Waals surface area contributed by atoms with Gasteiger partial charge in [-0.2, -0.15) is 0 Å². The van der Waals surface area contributed by atoms with Crippen molar-refractivity contribution in [3.8, 4) is 28.5 Å². The number of nitrogens with zero attached hydrogens (tertiary/aromatic N) is 6. The second-order valence-electron chi connectivity index (χ2n) is 13.3. The van der Waals surface area contributed by atoms with Gasteiger partial charge in [-0.15, -0.1) is 5.10 Å². The van der Waals surface area contributed by atoms with E-state index in [1.54, 1.807) is 20.8 Å². The van der Waals surface area contributed by atoms with E-state index in [1.165, 1.54) is 6.07 Å². The first-order valence-corrected chi connectivity index (χ1v) is 16.9. The fourth-order valence-electron chi connectivity index (χ4n) is 7.49. The number of pyridine rings is 1. The summed E-state index contributed by atoms with van der Waals surface area (Å²) >= 11 is 0. The normalized spacial score (nSPS) is 18.4. The summed E-state index contributed by atoms with van der Waals surface area (Å²) in [5.74, 6) is -1.05. The molecule has 0 unspecified atom stereocenters. The smallest absolute Gasteiger partial charge is 0.337 e. The standard InChI is InChI=1S/C35H43FN6O6/c1-19(2)47-31(34(43)44)28-21(4)37-32-25(29(28)24-17-26(36)30-23(20(24)3)7-6-14-46-30)18-27(40(32)5)33-38-39-35(48-33)42-12-10-41(11-13-42)22-8-15-45-16-9-22/h17-19,22,31H,6-16H2,1-5H3,(H,43,44)/t31-/m0/s1. The second-order valence-corrected chi connectivity index (χ2v) is 13.3. The average molecular weight is 663 g/mol. The van der Waals surface area contributed by atoms with E-state index in [-0.39, 0.29) is 11.9 Å². The van der Waals surface area contributed by atoms with E-state index < -0.39 is 17.9 Å². The summed E-state index contributed by atoms with van der Waals surface area (Å²) in [6, 6.07) is 4.33. The molecule has 256 valence electrons. The van der Waals surface area contributed by atoms with Crippen molar-refractivity contribution in [1.29, 1.82) is 0 Å². The molecule has 1 atom stereocenters. The van der Waals surface area contributed by atoms with Crippen LogP contribution in [0.2, 0.25) is 0 Å². The molecule has 0 aliphatic carbocycles. The van der Waals surface area contributed by atoms with Crippen molar-refractivity contribution < 1.29 is 32.9 Å². The zero-order valence-corrected chi connectivity index (χ0v) is 28.2. The fourth-order valence-corrected chi connectivity index (χ4v) is 7.49. The molecule has 1 N–H and O–H groups in total. The maximum absolute atomic E-state index is 15.7. The molecule has 3 aliphatic heterocycles. The summed E-state index contributed by atoms with van der Waals surface area (Å²) < 4.78 is 41.1. The molecule has 3 aliphatic rings. The van der Waals surface area contributed by atoms with Crippen LogP contribution in [-0.2, 0) is 27.7 Å². The lowest BCUT2D eigenvalue weighted by molar-refractivity contribution is -0.153. The summed E-state index contributed by atoms with van der Waals surface area (Å²) in [5, 5.41) is 19.9. The number of aryl methyl sites for hydroxylation is 2. The van der Waals surface area contributed by atoms with E-state index in [0.717, 1.165) is 69.8 Å². The van der Waals surface area contributed by atoms with Crippen LogP contribution in [0.15, 0.2) is 16.5 Å². The van der Waals surface area contributed by atoms with E-state index in [9.17, 15) is 9.90 Å². The van der Waals surface area contributed by atoms with E-state index in [1.807, 2.05) is 24.6 Å². The molecule has 0 spiro atoms. The van der Waals surface area contributed by atoms with Crippen molar-refractivity contribution >= 4 is 23.0 Å². The predicted octanol–water partition coefficient (Wildman–Crippen LogP) is 5.22. The van der Waals surface area contributed by atoms with Crippen molar-refractivity contribution in [3.05, 3.63) is 40.3 Å². The molecular formula is C35H43FN6O6. The van der Waals surface area contributed by atoms with Crippen LogP contribution >= 0.6 is 0 Å². The van der Waals surface area contributed by atoms with Crippen LogP contribution in [0.5, 0.6) is 5.75 Å². The predicted molar refractivity (Wildman–Crippen MR) is 177 cm³/mol. The Bertz CT molecular complexity index is 1840. The van der Waals surface area contributed by atoms with Crippen molar-refractivity contribution in [2.24, 2.45) is 7.05 Å². The van der Waals surface area contributed by atoms with Gasteiger partial charge in [0.05, 0.1) is 12.7 Å². The number of hydrogen-bond acceptors (Lipinski definition) is 10. The van der Waals surface area contributed by atoms with Crippen LogP contribution in [0.4, 0.5) is 10.4 Å². The number of aliphatic carboxylic acids is 1. The van der Waals surface area contributed by atoms with Crippen LogP contribution in [-0.4, -0.2) is 93.9 Å². The lowest BCUT2D eigenvalue weighted by Gasteiger charge is -2.40. The van der Waals surface area contributed by atoms with Gasteiger partial charge in [-0.3, -0.25) is 4.90 Å². The zero-order valence-electron chi connectivity index (χ0n) is 28.2.